The van der Waals surface area contributed by atoms with Crippen LogP contribution in [0.2, 0.25) is 0 Å². The lowest BCUT2D eigenvalue weighted by molar-refractivity contribution is -0.136. The molecule has 1 N–H and O–H groups in total. The van der Waals surface area contributed by atoms with E-state index in [4.69, 9.17) is 14.2 Å². The molecule has 0 amide bonds. The Morgan fingerprint density at radius 3 is 2.00 bits per heavy atom. The topological polar surface area (TPSA) is 99.1 Å². The molecule has 3 aromatic rings. The first-order valence-corrected chi connectivity index (χ1v) is 13.3. The van der Waals surface area contributed by atoms with E-state index >= 15 is 0 Å². The van der Waals surface area contributed by atoms with Crippen molar-refractivity contribution in [2.24, 2.45) is 5.92 Å². The normalized spacial score (nSPS) is 13.8. The minimum absolute atomic E-state index is 0.00449. The Morgan fingerprint density at radius 2 is 1.44 bits per heavy atom. The van der Waals surface area contributed by atoms with Gasteiger partial charge in [-0.1, -0.05) is 0 Å². The second kappa shape index (κ2) is 10.2. The molecule has 1 aliphatic rings. The zero-order chi connectivity index (χ0) is 25.9. The highest BCUT2D eigenvalue weighted by Gasteiger charge is 2.24. The van der Waals surface area contributed by atoms with Gasteiger partial charge in [0.2, 0.25) is 9.84 Å². The molecule has 1 aliphatic carbocycles. The third-order valence-electron chi connectivity index (χ3n) is 5.41. The fraction of sp³-hybridized carbons (Fsp3) is 0.321. The van der Waals surface area contributed by atoms with Gasteiger partial charge in [-0.25, -0.2) is 8.42 Å². The molecule has 0 saturated heterocycles. The Hall–Kier alpha value is -3.52. The van der Waals surface area contributed by atoms with Crippen LogP contribution in [0.1, 0.15) is 39.2 Å². The molecule has 1 saturated carbocycles. The van der Waals surface area contributed by atoms with E-state index in [0.29, 0.717) is 35.3 Å². The largest absolute Gasteiger partial charge is 0.493 e. The molecule has 7 nitrogen and oxygen atoms in total. The molecule has 0 aliphatic heterocycles. The van der Waals surface area contributed by atoms with Crippen molar-refractivity contribution >= 4 is 15.8 Å². The lowest BCUT2D eigenvalue weighted by Gasteiger charge is -2.21. The van der Waals surface area contributed by atoms with Gasteiger partial charge in [-0.15, -0.1) is 0 Å². The van der Waals surface area contributed by atoms with Crippen LogP contribution < -0.4 is 14.2 Å². The van der Waals surface area contributed by atoms with Gasteiger partial charge in [-0.05, 0) is 112 Å². The number of sulfone groups is 1. The molecule has 0 spiro atoms. The van der Waals surface area contributed by atoms with Gasteiger partial charge < -0.3 is 19.3 Å². The number of ether oxygens (including phenoxy) is 3. The van der Waals surface area contributed by atoms with Crippen LogP contribution in [0.15, 0.2) is 76.5 Å². The van der Waals surface area contributed by atoms with Crippen molar-refractivity contribution in [1.82, 2.24) is 0 Å². The summed E-state index contributed by atoms with van der Waals surface area (Å²) in [6.07, 6.45) is 1.88. The van der Waals surface area contributed by atoms with E-state index in [2.05, 4.69) is 0 Å². The first kappa shape index (κ1) is 25.6. The van der Waals surface area contributed by atoms with Gasteiger partial charge in [0, 0.05) is 0 Å². The van der Waals surface area contributed by atoms with Crippen LogP contribution in [0.25, 0.3) is 0 Å². The predicted molar refractivity (Wildman–Crippen MR) is 135 cm³/mol. The predicted octanol–water partition coefficient (Wildman–Crippen LogP) is 5.90. The summed E-state index contributed by atoms with van der Waals surface area (Å²) >= 11 is 0. The average Bonchev–Trinajstić information content (AvgIpc) is 3.62. The van der Waals surface area contributed by atoms with Crippen molar-refractivity contribution in [2.45, 2.75) is 55.4 Å². The second-order valence-corrected chi connectivity index (χ2v) is 11.8. The van der Waals surface area contributed by atoms with E-state index in [9.17, 15) is 18.3 Å². The molecule has 8 heteroatoms. The smallest absolute Gasteiger partial charge is 0.307 e. The number of carbonyl (C=O) groups is 1. The number of aliphatic carboxylic acids is 1. The van der Waals surface area contributed by atoms with Gasteiger partial charge in [0.05, 0.1) is 22.8 Å². The highest BCUT2D eigenvalue weighted by molar-refractivity contribution is 7.91. The first-order chi connectivity index (χ1) is 17.0. The summed E-state index contributed by atoms with van der Waals surface area (Å²) in [5.74, 6) is 1.58. The van der Waals surface area contributed by atoms with Gasteiger partial charge in [-0.2, -0.15) is 0 Å². The maximum absolute atomic E-state index is 13.3. The fourth-order valence-corrected chi connectivity index (χ4v) is 4.88. The maximum Gasteiger partial charge on any atom is 0.307 e. The zero-order valence-corrected chi connectivity index (χ0v) is 21.4. The molecule has 0 heterocycles. The standard InChI is InChI=1S/C28H30O7S/c1-28(2,3)35-23-8-6-21(7-9-23)34-22-10-12-25(13-11-22)36(31,32)26-15-20(16-27(29)30)14-24(17-26)33-18-19-4-5-19/h6-15,17,19H,4-5,16,18H2,1-3H3,(H,29,30). The van der Waals surface area contributed by atoms with Gasteiger partial charge >= 0.3 is 5.97 Å². The quantitative estimate of drug-likeness (QED) is 0.362. The Labute approximate surface area is 211 Å². The molecule has 0 aromatic heterocycles. The van der Waals surface area contributed by atoms with Crippen LogP contribution in [0.3, 0.4) is 0 Å². The average molecular weight is 511 g/mol. The van der Waals surface area contributed by atoms with Crippen LogP contribution in [0, 0.1) is 5.92 Å². The number of hydrogen-bond acceptors (Lipinski definition) is 6. The van der Waals surface area contributed by atoms with Gasteiger partial charge in [0.15, 0.2) is 0 Å². The van der Waals surface area contributed by atoms with E-state index in [1.807, 2.05) is 32.9 Å². The molecule has 3 aromatic carbocycles. The first-order valence-electron chi connectivity index (χ1n) is 11.8. The third-order valence-corrected chi connectivity index (χ3v) is 7.15. The van der Waals surface area contributed by atoms with Crippen molar-refractivity contribution < 1.29 is 32.5 Å². The molecule has 190 valence electrons. The summed E-state index contributed by atoms with van der Waals surface area (Å²) in [4.78, 5) is 11.3. The summed E-state index contributed by atoms with van der Waals surface area (Å²) < 4.78 is 44.1. The Balaban J connectivity index is 1.51. The van der Waals surface area contributed by atoms with Crippen molar-refractivity contribution in [3.63, 3.8) is 0 Å². The minimum Gasteiger partial charge on any atom is -0.493 e. The molecular weight excluding hydrogens is 480 g/mol. The van der Waals surface area contributed by atoms with E-state index in [1.165, 1.54) is 24.3 Å². The summed E-state index contributed by atoms with van der Waals surface area (Å²) in [6, 6.07) is 17.7. The van der Waals surface area contributed by atoms with Gasteiger partial charge in [-0.3, -0.25) is 4.79 Å². The fourth-order valence-electron chi connectivity index (χ4n) is 3.53. The number of carboxylic acids is 1. The monoisotopic (exact) mass is 510 g/mol. The van der Waals surface area contributed by atoms with Crippen LogP contribution in [-0.4, -0.2) is 31.7 Å². The highest BCUT2D eigenvalue weighted by atomic mass is 32.2. The van der Waals surface area contributed by atoms with Crippen molar-refractivity contribution in [1.29, 1.82) is 0 Å². The van der Waals surface area contributed by atoms with E-state index in [0.717, 1.165) is 18.6 Å². The molecule has 0 unspecified atom stereocenters. The zero-order valence-electron chi connectivity index (χ0n) is 20.6. The summed E-state index contributed by atoms with van der Waals surface area (Å²) in [5, 5.41) is 9.20. The van der Waals surface area contributed by atoms with E-state index in [1.54, 1.807) is 30.3 Å². The number of rotatable bonds is 10. The SMILES string of the molecule is CC(C)(C)Oc1ccc(Oc2ccc(S(=O)(=O)c3cc(CC(=O)O)cc(OCC4CC4)c3)cc2)cc1. The molecular formula is C28H30O7S. The van der Waals surface area contributed by atoms with Crippen molar-refractivity contribution in [3.8, 4) is 23.0 Å². The molecule has 0 radical (unpaired) electrons. The van der Waals surface area contributed by atoms with Crippen LogP contribution in [0.5, 0.6) is 23.0 Å². The Kier molecular flexibility index (Phi) is 7.26. The number of benzene rings is 3. The van der Waals surface area contributed by atoms with Crippen molar-refractivity contribution in [2.75, 3.05) is 6.61 Å². The summed E-state index contributed by atoms with van der Waals surface area (Å²) in [7, 11) is -3.90. The molecule has 4 rings (SSSR count). The molecule has 0 atom stereocenters. The number of carboxylic acid groups (broad SMARTS) is 1. The molecule has 36 heavy (non-hydrogen) atoms. The highest BCUT2D eigenvalue weighted by Crippen LogP contribution is 2.32. The maximum atomic E-state index is 13.3. The Bertz CT molecular complexity index is 1320. The van der Waals surface area contributed by atoms with Gasteiger partial charge in [0.1, 0.15) is 28.6 Å². The van der Waals surface area contributed by atoms with E-state index < -0.39 is 15.8 Å². The second-order valence-electron chi connectivity index (χ2n) is 9.90. The lowest BCUT2D eigenvalue weighted by Crippen LogP contribution is -2.22. The lowest BCUT2D eigenvalue weighted by atomic mass is 10.1. The molecule has 1 fully saturated rings. The van der Waals surface area contributed by atoms with Crippen LogP contribution in [0.4, 0.5) is 0 Å². The third kappa shape index (κ3) is 7.01. The van der Waals surface area contributed by atoms with E-state index in [-0.39, 0.29) is 21.8 Å². The number of hydrogen-bond donors (Lipinski definition) is 1. The van der Waals surface area contributed by atoms with Crippen LogP contribution >= 0.6 is 0 Å². The minimum atomic E-state index is -3.90. The van der Waals surface area contributed by atoms with Crippen molar-refractivity contribution in [3.05, 3.63) is 72.3 Å². The van der Waals surface area contributed by atoms with Crippen LogP contribution in [-0.2, 0) is 21.1 Å². The summed E-state index contributed by atoms with van der Waals surface area (Å²) in [6.45, 7) is 6.40. The molecule has 0 bridgehead atoms. The summed E-state index contributed by atoms with van der Waals surface area (Å²) in [5.41, 5.74) is 0.0641. The van der Waals surface area contributed by atoms with Gasteiger partial charge in [0.25, 0.3) is 0 Å². The Morgan fingerprint density at radius 1 is 0.861 bits per heavy atom.